The van der Waals surface area contributed by atoms with Crippen molar-refractivity contribution in [1.29, 1.82) is 0 Å². The van der Waals surface area contributed by atoms with Gasteiger partial charge in [0, 0.05) is 24.7 Å². The Balaban J connectivity index is 1.48. The van der Waals surface area contributed by atoms with Crippen molar-refractivity contribution in [2.45, 2.75) is 12.5 Å². The van der Waals surface area contributed by atoms with Gasteiger partial charge in [0.25, 0.3) is 5.91 Å². The molecule has 0 unspecified atom stereocenters. The van der Waals surface area contributed by atoms with E-state index in [9.17, 15) is 9.59 Å². The molecular weight excluding hydrogens is 376 g/mol. The number of ether oxygens (including phenoxy) is 4. The molecule has 0 saturated carbocycles. The number of benzene rings is 2. The van der Waals surface area contributed by atoms with E-state index < -0.39 is 0 Å². The Bertz CT molecular complexity index is 945. The minimum Gasteiger partial charge on any atom is -0.493 e. The van der Waals surface area contributed by atoms with E-state index in [0.29, 0.717) is 48.3 Å². The number of nitrogens with one attached hydrogen (secondary N) is 1. The fraction of sp³-hybridized carbons (Fsp3) is 0.333. The highest BCUT2D eigenvalue weighted by Gasteiger charge is 2.33. The first kappa shape index (κ1) is 18.9. The number of carbonyl (C=O) groups is 2. The Morgan fingerprint density at radius 2 is 1.90 bits per heavy atom. The first-order chi connectivity index (χ1) is 14.1. The summed E-state index contributed by atoms with van der Waals surface area (Å²) in [5, 5.41) is 2.92. The first-order valence-electron chi connectivity index (χ1n) is 9.32. The number of carbonyl (C=O) groups excluding carboxylic acids is 2. The molecule has 1 atom stereocenters. The summed E-state index contributed by atoms with van der Waals surface area (Å²) in [4.78, 5) is 27.0. The third kappa shape index (κ3) is 3.65. The highest BCUT2D eigenvalue weighted by atomic mass is 16.6. The molecule has 8 nitrogen and oxygen atoms in total. The Labute approximate surface area is 168 Å². The van der Waals surface area contributed by atoms with Crippen LogP contribution in [0.15, 0.2) is 36.4 Å². The van der Waals surface area contributed by atoms with Crippen molar-refractivity contribution in [2.75, 3.05) is 38.9 Å². The predicted molar refractivity (Wildman–Crippen MR) is 105 cm³/mol. The Morgan fingerprint density at radius 1 is 1.10 bits per heavy atom. The quantitative estimate of drug-likeness (QED) is 0.829. The number of hydrogen-bond donors (Lipinski definition) is 1. The summed E-state index contributed by atoms with van der Waals surface area (Å²) in [5.74, 6) is 1.74. The van der Waals surface area contributed by atoms with E-state index in [-0.39, 0.29) is 24.3 Å². The van der Waals surface area contributed by atoms with Gasteiger partial charge in [-0.3, -0.25) is 9.59 Å². The van der Waals surface area contributed by atoms with E-state index in [1.807, 2.05) is 6.07 Å². The van der Waals surface area contributed by atoms with E-state index in [0.717, 1.165) is 5.69 Å². The second-order valence-corrected chi connectivity index (χ2v) is 6.75. The molecule has 152 valence electrons. The van der Waals surface area contributed by atoms with E-state index >= 15 is 0 Å². The number of methoxy groups -OCH3 is 2. The molecule has 2 amide bonds. The van der Waals surface area contributed by atoms with E-state index in [1.54, 1.807) is 35.2 Å². The van der Waals surface area contributed by atoms with Gasteiger partial charge in [0.05, 0.1) is 25.8 Å². The van der Waals surface area contributed by atoms with Crippen molar-refractivity contribution in [1.82, 2.24) is 5.32 Å². The van der Waals surface area contributed by atoms with Crippen molar-refractivity contribution in [3.63, 3.8) is 0 Å². The lowest BCUT2D eigenvalue weighted by Crippen LogP contribution is -2.37. The smallest absolute Gasteiger partial charge is 0.255 e. The van der Waals surface area contributed by atoms with E-state index in [4.69, 9.17) is 18.9 Å². The number of fused-ring (bicyclic) bond motifs is 1. The zero-order valence-electron chi connectivity index (χ0n) is 16.3. The summed E-state index contributed by atoms with van der Waals surface area (Å²) < 4.78 is 21.7. The lowest BCUT2D eigenvalue weighted by Gasteiger charge is -2.22. The van der Waals surface area contributed by atoms with Gasteiger partial charge in [-0.1, -0.05) is 6.07 Å². The largest absolute Gasteiger partial charge is 0.493 e. The van der Waals surface area contributed by atoms with Crippen LogP contribution < -0.4 is 29.2 Å². The standard InChI is InChI=1S/C21H22N2O6/c1-26-17-5-3-4-15(20(17)27-2)21(25)22-13-10-19(24)23(12-13)14-6-7-16-18(11-14)29-9-8-28-16/h3-7,11,13H,8-10,12H2,1-2H3,(H,22,25)/t13-/m0/s1. The molecule has 1 fully saturated rings. The molecule has 2 aromatic carbocycles. The number of amides is 2. The second kappa shape index (κ2) is 7.90. The van der Waals surface area contributed by atoms with Crippen LogP contribution in [0.25, 0.3) is 0 Å². The number of anilines is 1. The fourth-order valence-electron chi connectivity index (χ4n) is 3.58. The number of rotatable bonds is 5. The molecule has 2 heterocycles. The van der Waals surface area contributed by atoms with Crippen molar-refractivity contribution < 1.29 is 28.5 Å². The monoisotopic (exact) mass is 398 g/mol. The minimum atomic E-state index is -0.320. The summed E-state index contributed by atoms with van der Waals surface area (Å²) in [6, 6.07) is 10.2. The zero-order chi connectivity index (χ0) is 20.4. The predicted octanol–water partition coefficient (Wildman–Crippen LogP) is 2.01. The van der Waals surface area contributed by atoms with E-state index in [2.05, 4.69) is 5.32 Å². The highest BCUT2D eigenvalue weighted by Crippen LogP contribution is 2.35. The minimum absolute atomic E-state index is 0.0652. The third-order valence-electron chi connectivity index (χ3n) is 4.95. The molecule has 2 aliphatic rings. The van der Waals surface area contributed by atoms with Gasteiger partial charge in [-0.25, -0.2) is 0 Å². The molecular formula is C21H22N2O6. The van der Waals surface area contributed by atoms with Crippen LogP contribution in [0.2, 0.25) is 0 Å². The fourth-order valence-corrected chi connectivity index (χ4v) is 3.58. The van der Waals surface area contributed by atoms with Crippen molar-refractivity contribution in [2.24, 2.45) is 0 Å². The summed E-state index contributed by atoms with van der Waals surface area (Å²) >= 11 is 0. The molecule has 0 spiro atoms. The summed E-state index contributed by atoms with van der Waals surface area (Å²) in [6.45, 7) is 1.36. The molecule has 2 aliphatic heterocycles. The summed E-state index contributed by atoms with van der Waals surface area (Å²) in [6.07, 6.45) is 0.215. The summed E-state index contributed by atoms with van der Waals surface area (Å²) in [5.41, 5.74) is 1.08. The average molecular weight is 398 g/mol. The van der Waals surface area contributed by atoms with Crippen LogP contribution in [0, 0.1) is 0 Å². The summed E-state index contributed by atoms with van der Waals surface area (Å²) in [7, 11) is 3.00. The van der Waals surface area contributed by atoms with Crippen LogP contribution in [0.4, 0.5) is 5.69 Å². The molecule has 4 rings (SSSR count). The lowest BCUT2D eigenvalue weighted by molar-refractivity contribution is -0.117. The average Bonchev–Trinajstić information content (AvgIpc) is 3.12. The van der Waals surface area contributed by atoms with E-state index in [1.165, 1.54) is 14.2 Å². The maximum absolute atomic E-state index is 12.8. The number of para-hydroxylation sites is 1. The molecule has 8 heteroatoms. The van der Waals surface area contributed by atoms with Crippen LogP contribution >= 0.6 is 0 Å². The van der Waals surface area contributed by atoms with Crippen LogP contribution in [-0.2, 0) is 4.79 Å². The van der Waals surface area contributed by atoms with Gasteiger partial charge in [-0.15, -0.1) is 0 Å². The van der Waals surface area contributed by atoms with Gasteiger partial charge in [0.1, 0.15) is 13.2 Å². The van der Waals surface area contributed by atoms with Gasteiger partial charge in [-0.2, -0.15) is 0 Å². The van der Waals surface area contributed by atoms with Crippen molar-refractivity contribution >= 4 is 17.5 Å². The van der Waals surface area contributed by atoms with Gasteiger partial charge in [0.15, 0.2) is 23.0 Å². The van der Waals surface area contributed by atoms with Crippen molar-refractivity contribution in [3.8, 4) is 23.0 Å². The number of hydrogen-bond acceptors (Lipinski definition) is 6. The van der Waals surface area contributed by atoms with Gasteiger partial charge in [0.2, 0.25) is 5.91 Å². The van der Waals surface area contributed by atoms with Crippen LogP contribution in [0.1, 0.15) is 16.8 Å². The van der Waals surface area contributed by atoms with Gasteiger partial charge < -0.3 is 29.2 Å². The lowest BCUT2D eigenvalue weighted by atomic mass is 10.1. The molecule has 0 bridgehead atoms. The highest BCUT2D eigenvalue weighted by molar-refractivity contribution is 6.00. The third-order valence-corrected chi connectivity index (χ3v) is 4.95. The molecule has 0 aliphatic carbocycles. The van der Waals surface area contributed by atoms with Crippen molar-refractivity contribution in [3.05, 3.63) is 42.0 Å². The van der Waals surface area contributed by atoms with Gasteiger partial charge >= 0.3 is 0 Å². The molecule has 29 heavy (non-hydrogen) atoms. The van der Waals surface area contributed by atoms with Crippen LogP contribution in [-0.4, -0.2) is 51.8 Å². The SMILES string of the molecule is COc1cccc(C(=O)N[C@H]2CC(=O)N(c3ccc4c(c3)OCCO4)C2)c1OC. The normalized spacial score (nSPS) is 17.8. The Kier molecular flexibility index (Phi) is 5.16. The van der Waals surface area contributed by atoms with Crippen LogP contribution in [0.3, 0.4) is 0 Å². The molecule has 2 aromatic rings. The molecule has 0 radical (unpaired) electrons. The van der Waals surface area contributed by atoms with Gasteiger partial charge in [-0.05, 0) is 24.3 Å². The Hall–Kier alpha value is -3.42. The maximum Gasteiger partial charge on any atom is 0.255 e. The molecule has 1 N–H and O–H groups in total. The maximum atomic E-state index is 12.8. The zero-order valence-corrected chi connectivity index (χ0v) is 16.3. The molecule has 1 saturated heterocycles. The molecule has 0 aromatic heterocycles. The second-order valence-electron chi connectivity index (χ2n) is 6.75. The number of nitrogens with zero attached hydrogens (tertiary/aromatic N) is 1. The topological polar surface area (TPSA) is 86.3 Å². The first-order valence-corrected chi connectivity index (χ1v) is 9.32. The Morgan fingerprint density at radius 3 is 2.66 bits per heavy atom. The van der Waals surface area contributed by atoms with Crippen LogP contribution in [0.5, 0.6) is 23.0 Å².